The zero-order valence-corrected chi connectivity index (χ0v) is 8.59. The van der Waals surface area contributed by atoms with Crippen LogP contribution in [0.3, 0.4) is 0 Å². The molecule has 2 nitrogen and oxygen atoms in total. The largest absolute Gasteiger partial charge is 0.286 e. The molecule has 1 saturated carbocycles. The van der Waals surface area contributed by atoms with Crippen LogP contribution in [0.25, 0.3) is 0 Å². The molecular formula is C11H16N2. The molecule has 1 fully saturated rings. The summed E-state index contributed by atoms with van der Waals surface area (Å²) < 4.78 is 0. The summed E-state index contributed by atoms with van der Waals surface area (Å²) >= 11 is 0. The molecule has 70 valence electrons. The van der Waals surface area contributed by atoms with E-state index in [2.05, 4.69) is 30.1 Å². The molecule has 0 aliphatic heterocycles. The Labute approximate surface area is 79.8 Å². The van der Waals surface area contributed by atoms with Crippen LogP contribution >= 0.6 is 0 Å². The molecule has 0 aromatic carbocycles. The highest BCUT2D eigenvalue weighted by Gasteiger charge is 2.30. The average molecular weight is 176 g/mol. The first-order valence-corrected chi connectivity index (χ1v) is 4.53. The predicted octanol–water partition coefficient (Wildman–Crippen LogP) is 2.28. The van der Waals surface area contributed by atoms with Crippen LogP contribution in [0.1, 0.15) is 13.8 Å². The van der Waals surface area contributed by atoms with Crippen molar-refractivity contribution in [2.24, 2.45) is 15.9 Å². The Morgan fingerprint density at radius 3 is 2.23 bits per heavy atom. The molecule has 1 atom stereocenters. The van der Waals surface area contributed by atoms with Gasteiger partial charge in [0.2, 0.25) is 0 Å². The van der Waals surface area contributed by atoms with Gasteiger partial charge in [-0.3, -0.25) is 9.98 Å². The summed E-state index contributed by atoms with van der Waals surface area (Å²) in [5.74, 6) is 0.295. The third-order valence-corrected chi connectivity index (χ3v) is 2.42. The van der Waals surface area contributed by atoms with E-state index in [-0.39, 0.29) is 0 Å². The van der Waals surface area contributed by atoms with Crippen LogP contribution in [-0.2, 0) is 0 Å². The molecular weight excluding hydrogens is 160 g/mol. The Bertz CT molecular complexity index is 308. The van der Waals surface area contributed by atoms with Crippen molar-refractivity contribution in [3.8, 4) is 0 Å². The van der Waals surface area contributed by atoms with E-state index < -0.39 is 0 Å². The number of allylic oxidation sites excluding steroid dienone is 2. The molecule has 13 heavy (non-hydrogen) atoms. The van der Waals surface area contributed by atoms with E-state index in [9.17, 15) is 0 Å². The Balaban J connectivity index is 3.17. The third kappa shape index (κ3) is 1.48. The van der Waals surface area contributed by atoms with E-state index in [0.717, 1.165) is 29.1 Å². The molecule has 1 aliphatic rings. The molecule has 0 spiro atoms. The lowest BCUT2D eigenvalue weighted by Gasteiger charge is -2.00. The summed E-state index contributed by atoms with van der Waals surface area (Å²) in [4.78, 5) is 8.58. The van der Waals surface area contributed by atoms with E-state index in [1.165, 1.54) is 0 Å². The van der Waals surface area contributed by atoms with Crippen molar-refractivity contribution in [1.29, 1.82) is 0 Å². The molecule has 1 unspecified atom stereocenters. The molecule has 0 radical (unpaired) electrons. The van der Waals surface area contributed by atoms with Crippen LogP contribution in [0.15, 0.2) is 34.3 Å². The van der Waals surface area contributed by atoms with E-state index in [4.69, 9.17) is 0 Å². The van der Waals surface area contributed by atoms with E-state index in [1.807, 2.05) is 6.92 Å². The minimum Gasteiger partial charge on any atom is -0.286 e. The van der Waals surface area contributed by atoms with E-state index >= 15 is 0 Å². The Morgan fingerprint density at radius 1 is 1.23 bits per heavy atom. The van der Waals surface area contributed by atoms with Crippen molar-refractivity contribution >= 4 is 11.4 Å². The summed E-state index contributed by atoms with van der Waals surface area (Å²) in [6, 6.07) is 0. The van der Waals surface area contributed by atoms with Gasteiger partial charge in [-0.2, -0.15) is 0 Å². The maximum Gasteiger partial charge on any atom is 0.0861 e. The van der Waals surface area contributed by atoms with Crippen molar-refractivity contribution in [2.75, 3.05) is 13.6 Å². The molecule has 0 aromatic rings. The molecule has 0 aromatic heterocycles. The molecule has 1 rings (SSSR count). The second-order valence-electron chi connectivity index (χ2n) is 3.17. The van der Waals surface area contributed by atoms with Gasteiger partial charge in [0.25, 0.3) is 0 Å². The minimum absolute atomic E-state index is 0.295. The fourth-order valence-electron chi connectivity index (χ4n) is 1.51. The summed E-state index contributed by atoms with van der Waals surface area (Å²) in [6.07, 6.45) is 0. The van der Waals surface area contributed by atoms with Crippen LogP contribution in [0.4, 0.5) is 0 Å². The van der Waals surface area contributed by atoms with Gasteiger partial charge in [0.1, 0.15) is 0 Å². The SMILES string of the molecule is C=C1C(=N/C)/C(=N\CC)C(=C)C1C. The highest BCUT2D eigenvalue weighted by molar-refractivity contribution is 6.56. The summed E-state index contributed by atoms with van der Waals surface area (Å²) in [5, 5.41) is 0. The Kier molecular flexibility index (Phi) is 2.81. The van der Waals surface area contributed by atoms with Gasteiger partial charge in [-0.1, -0.05) is 20.1 Å². The number of hydrogen-bond acceptors (Lipinski definition) is 2. The molecule has 2 heteroatoms. The molecule has 0 bridgehead atoms. The van der Waals surface area contributed by atoms with Gasteiger partial charge >= 0.3 is 0 Å². The monoisotopic (exact) mass is 176 g/mol. The molecule has 1 aliphatic carbocycles. The van der Waals surface area contributed by atoms with Gasteiger partial charge < -0.3 is 0 Å². The van der Waals surface area contributed by atoms with Crippen LogP contribution in [0.5, 0.6) is 0 Å². The third-order valence-electron chi connectivity index (χ3n) is 2.42. The first-order chi connectivity index (χ1) is 6.13. The van der Waals surface area contributed by atoms with Crippen molar-refractivity contribution in [3.63, 3.8) is 0 Å². The maximum atomic E-state index is 4.38. The van der Waals surface area contributed by atoms with Crippen molar-refractivity contribution in [1.82, 2.24) is 0 Å². The van der Waals surface area contributed by atoms with Gasteiger partial charge in [0, 0.05) is 19.5 Å². The summed E-state index contributed by atoms with van der Waals surface area (Å²) in [7, 11) is 1.77. The van der Waals surface area contributed by atoms with Gasteiger partial charge in [-0.05, 0) is 18.1 Å². The van der Waals surface area contributed by atoms with Gasteiger partial charge in [-0.15, -0.1) is 0 Å². The normalized spacial score (nSPS) is 29.3. The second-order valence-corrected chi connectivity index (χ2v) is 3.17. The number of rotatable bonds is 1. The average Bonchev–Trinajstić information content (AvgIpc) is 2.32. The minimum atomic E-state index is 0.295. The van der Waals surface area contributed by atoms with Crippen molar-refractivity contribution in [3.05, 3.63) is 24.3 Å². The standard InChI is InChI=1S/C11H16N2/c1-6-13-11-9(4)7(2)8(3)10(11)12-5/h7H,3-4,6H2,1-2,5H3/b12-10-,13-11-. The quantitative estimate of drug-likeness (QED) is 0.585. The number of hydrogen-bond donors (Lipinski definition) is 0. The van der Waals surface area contributed by atoms with Crippen LogP contribution in [0, 0.1) is 5.92 Å². The fraction of sp³-hybridized carbons (Fsp3) is 0.455. The van der Waals surface area contributed by atoms with Crippen LogP contribution in [0.2, 0.25) is 0 Å². The zero-order valence-electron chi connectivity index (χ0n) is 8.59. The van der Waals surface area contributed by atoms with Gasteiger partial charge in [0.15, 0.2) is 0 Å². The van der Waals surface area contributed by atoms with Crippen molar-refractivity contribution < 1.29 is 0 Å². The topological polar surface area (TPSA) is 24.7 Å². The smallest absolute Gasteiger partial charge is 0.0861 e. The molecule has 0 amide bonds. The first-order valence-electron chi connectivity index (χ1n) is 4.53. The number of nitrogens with zero attached hydrogens (tertiary/aromatic N) is 2. The Morgan fingerprint density at radius 2 is 1.77 bits per heavy atom. The predicted molar refractivity (Wildman–Crippen MR) is 58.8 cm³/mol. The van der Waals surface area contributed by atoms with Crippen molar-refractivity contribution in [2.45, 2.75) is 13.8 Å². The highest BCUT2D eigenvalue weighted by atomic mass is 14.8. The second kappa shape index (κ2) is 3.69. The van der Waals surface area contributed by atoms with Gasteiger partial charge in [-0.25, -0.2) is 0 Å². The first kappa shape index (κ1) is 9.90. The fourth-order valence-corrected chi connectivity index (χ4v) is 1.51. The number of aliphatic imine (C=N–C) groups is 2. The van der Waals surface area contributed by atoms with E-state index in [0.29, 0.717) is 5.92 Å². The Hall–Kier alpha value is -1.18. The van der Waals surface area contributed by atoms with E-state index in [1.54, 1.807) is 7.05 Å². The molecule has 0 heterocycles. The van der Waals surface area contributed by atoms with Crippen LogP contribution < -0.4 is 0 Å². The summed E-state index contributed by atoms with van der Waals surface area (Å²) in [6.45, 7) is 12.9. The lowest BCUT2D eigenvalue weighted by Crippen LogP contribution is -2.08. The lowest BCUT2D eigenvalue weighted by atomic mass is 10.0. The van der Waals surface area contributed by atoms with Crippen LogP contribution in [-0.4, -0.2) is 25.0 Å². The van der Waals surface area contributed by atoms with Gasteiger partial charge in [0.05, 0.1) is 11.4 Å². The maximum absolute atomic E-state index is 4.38. The lowest BCUT2D eigenvalue weighted by molar-refractivity contribution is 0.901. The molecule has 0 N–H and O–H groups in total. The highest BCUT2D eigenvalue weighted by Crippen LogP contribution is 2.29. The zero-order chi connectivity index (χ0) is 10.0. The summed E-state index contributed by atoms with van der Waals surface area (Å²) in [5.41, 5.74) is 3.97. The molecule has 0 saturated heterocycles.